The van der Waals surface area contributed by atoms with Crippen LogP contribution in [0, 0.1) is 16.7 Å². The molecule has 19 heavy (non-hydrogen) atoms. The maximum Gasteiger partial charge on any atom is 0.311 e. The van der Waals surface area contributed by atoms with Crippen molar-refractivity contribution in [2.45, 2.75) is 51.9 Å². The molecule has 1 aliphatic heterocycles. The molecule has 0 aromatic rings. The minimum atomic E-state index is -0.693. The number of fused-ring (bicyclic) bond motifs is 1. The molecular formula is C15H23NO3. The van der Waals surface area contributed by atoms with E-state index in [-0.39, 0.29) is 17.2 Å². The van der Waals surface area contributed by atoms with Crippen LogP contribution in [0.1, 0.15) is 51.9 Å². The number of amides is 1. The van der Waals surface area contributed by atoms with Gasteiger partial charge >= 0.3 is 5.97 Å². The number of likely N-dealkylation sites (tertiary alicyclic amines) is 1. The van der Waals surface area contributed by atoms with Gasteiger partial charge in [0.25, 0.3) is 0 Å². The second-order valence-corrected chi connectivity index (χ2v) is 7.00. The Balaban J connectivity index is 1.78. The van der Waals surface area contributed by atoms with Crippen molar-refractivity contribution in [1.29, 1.82) is 0 Å². The molecule has 3 fully saturated rings. The number of carbonyl (C=O) groups is 2. The third-order valence-electron chi connectivity index (χ3n) is 5.81. The van der Waals surface area contributed by atoms with E-state index in [0.717, 1.165) is 44.9 Å². The largest absolute Gasteiger partial charge is 0.481 e. The van der Waals surface area contributed by atoms with Gasteiger partial charge in [-0.2, -0.15) is 0 Å². The highest BCUT2D eigenvalue weighted by atomic mass is 16.4. The summed E-state index contributed by atoms with van der Waals surface area (Å²) in [4.78, 5) is 26.2. The van der Waals surface area contributed by atoms with Crippen molar-refractivity contribution in [3.05, 3.63) is 0 Å². The van der Waals surface area contributed by atoms with Crippen LogP contribution < -0.4 is 0 Å². The van der Waals surface area contributed by atoms with Gasteiger partial charge in [-0.3, -0.25) is 9.59 Å². The lowest BCUT2D eigenvalue weighted by molar-refractivity contribution is -0.150. The molecule has 1 heterocycles. The van der Waals surface area contributed by atoms with Crippen LogP contribution in [0.15, 0.2) is 0 Å². The van der Waals surface area contributed by atoms with Gasteiger partial charge in [0.2, 0.25) is 5.91 Å². The molecule has 3 rings (SSSR count). The summed E-state index contributed by atoms with van der Waals surface area (Å²) < 4.78 is 0. The number of hydrogen-bond donors (Lipinski definition) is 1. The molecule has 2 atom stereocenters. The standard InChI is InChI=1S/C15H23NO3/c1-14(6-2-3-7-14)12(17)16-9-11-5-4-8-15(11,10-16)13(18)19/h11H,2-10H2,1H3,(H,18,19)/t11-,15+/m0/s1. The van der Waals surface area contributed by atoms with Gasteiger partial charge < -0.3 is 10.0 Å². The molecule has 0 aromatic carbocycles. The lowest BCUT2D eigenvalue weighted by Crippen LogP contribution is -2.42. The summed E-state index contributed by atoms with van der Waals surface area (Å²) in [5.74, 6) is -0.305. The number of hydrogen-bond acceptors (Lipinski definition) is 2. The molecule has 0 bridgehead atoms. The predicted octanol–water partition coefficient (Wildman–Crippen LogP) is 2.28. The van der Waals surface area contributed by atoms with Crippen LogP contribution in [-0.2, 0) is 9.59 Å². The second kappa shape index (κ2) is 4.22. The third kappa shape index (κ3) is 1.79. The van der Waals surface area contributed by atoms with Gasteiger partial charge in [-0.1, -0.05) is 26.2 Å². The first-order valence-corrected chi connectivity index (χ1v) is 7.51. The zero-order chi connectivity index (χ0) is 13.7. The predicted molar refractivity (Wildman–Crippen MR) is 70.6 cm³/mol. The molecule has 3 aliphatic rings. The molecule has 0 spiro atoms. The minimum Gasteiger partial charge on any atom is -0.481 e. The molecule has 1 saturated heterocycles. The molecular weight excluding hydrogens is 242 g/mol. The van der Waals surface area contributed by atoms with Gasteiger partial charge in [0.1, 0.15) is 0 Å². The quantitative estimate of drug-likeness (QED) is 0.833. The van der Waals surface area contributed by atoms with E-state index >= 15 is 0 Å². The summed E-state index contributed by atoms with van der Waals surface area (Å²) in [7, 11) is 0. The average Bonchev–Trinajstić information content (AvgIpc) is 3.01. The van der Waals surface area contributed by atoms with E-state index in [4.69, 9.17) is 0 Å². The SMILES string of the molecule is CC1(C(=O)N2C[C@@H]3CCC[C@@]3(C(=O)O)C2)CCCC1. The fraction of sp³-hybridized carbons (Fsp3) is 0.867. The van der Waals surface area contributed by atoms with E-state index in [9.17, 15) is 14.7 Å². The monoisotopic (exact) mass is 265 g/mol. The first kappa shape index (κ1) is 12.9. The summed E-state index contributed by atoms with van der Waals surface area (Å²) in [6, 6.07) is 0. The fourth-order valence-corrected chi connectivity index (χ4v) is 4.54. The van der Waals surface area contributed by atoms with Crippen molar-refractivity contribution in [2.24, 2.45) is 16.7 Å². The normalized spacial score (nSPS) is 36.5. The first-order chi connectivity index (χ1) is 8.98. The summed E-state index contributed by atoms with van der Waals surface area (Å²) >= 11 is 0. The lowest BCUT2D eigenvalue weighted by Gasteiger charge is -2.30. The summed E-state index contributed by atoms with van der Waals surface area (Å²) in [5, 5.41) is 9.57. The van der Waals surface area contributed by atoms with Crippen molar-refractivity contribution < 1.29 is 14.7 Å². The molecule has 4 nitrogen and oxygen atoms in total. The topological polar surface area (TPSA) is 57.6 Å². The Kier molecular flexibility index (Phi) is 2.88. The van der Waals surface area contributed by atoms with Crippen LogP contribution in [0.2, 0.25) is 0 Å². The molecule has 1 amide bonds. The van der Waals surface area contributed by atoms with E-state index in [2.05, 4.69) is 6.92 Å². The molecule has 2 aliphatic carbocycles. The molecule has 0 unspecified atom stereocenters. The first-order valence-electron chi connectivity index (χ1n) is 7.51. The van der Waals surface area contributed by atoms with Gasteiger partial charge in [-0.15, -0.1) is 0 Å². The van der Waals surface area contributed by atoms with Gasteiger partial charge in [0, 0.05) is 18.5 Å². The van der Waals surface area contributed by atoms with E-state index in [1.54, 1.807) is 0 Å². The van der Waals surface area contributed by atoms with Gasteiger partial charge in [0.05, 0.1) is 5.41 Å². The summed E-state index contributed by atoms with van der Waals surface area (Å²) in [5.41, 5.74) is -0.858. The van der Waals surface area contributed by atoms with Gasteiger partial charge in [0.15, 0.2) is 0 Å². The Hall–Kier alpha value is -1.06. The van der Waals surface area contributed by atoms with Crippen molar-refractivity contribution in [3.63, 3.8) is 0 Å². The second-order valence-electron chi connectivity index (χ2n) is 7.00. The van der Waals surface area contributed by atoms with E-state index in [1.165, 1.54) is 0 Å². The Bertz CT molecular complexity index is 414. The highest BCUT2D eigenvalue weighted by Crippen LogP contribution is 2.50. The third-order valence-corrected chi connectivity index (χ3v) is 5.81. The molecule has 106 valence electrons. The van der Waals surface area contributed by atoms with Crippen LogP contribution >= 0.6 is 0 Å². The number of carbonyl (C=O) groups excluding carboxylic acids is 1. The van der Waals surface area contributed by atoms with Gasteiger partial charge in [-0.05, 0) is 31.6 Å². The maximum atomic E-state index is 12.7. The van der Waals surface area contributed by atoms with Crippen molar-refractivity contribution >= 4 is 11.9 Å². The number of carboxylic acid groups (broad SMARTS) is 1. The van der Waals surface area contributed by atoms with Crippen molar-refractivity contribution in [2.75, 3.05) is 13.1 Å². The summed E-state index contributed by atoms with van der Waals surface area (Å²) in [6.45, 7) is 3.17. The zero-order valence-electron chi connectivity index (χ0n) is 11.7. The number of aliphatic carboxylic acids is 1. The smallest absolute Gasteiger partial charge is 0.311 e. The van der Waals surface area contributed by atoms with Crippen LogP contribution in [0.5, 0.6) is 0 Å². The van der Waals surface area contributed by atoms with Crippen molar-refractivity contribution in [3.8, 4) is 0 Å². The van der Waals surface area contributed by atoms with Gasteiger partial charge in [-0.25, -0.2) is 0 Å². The van der Waals surface area contributed by atoms with Crippen LogP contribution in [0.3, 0.4) is 0 Å². The Labute approximate surface area is 114 Å². The molecule has 0 aromatic heterocycles. The summed E-state index contributed by atoms with van der Waals surface area (Å²) in [6.07, 6.45) is 6.89. The fourth-order valence-electron chi connectivity index (χ4n) is 4.54. The van der Waals surface area contributed by atoms with E-state index in [0.29, 0.717) is 13.1 Å². The highest BCUT2D eigenvalue weighted by Gasteiger charge is 2.57. The van der Waals surface area contributed by atoms with Crippen LogP contribution in [-0.4, -0.2) is 35.0 Å². The van der Waals surface area contributed by atoms with E-state index < -0.39 is 11.4 Å². The van der Waals surface area contributed by atoms with Crippen molar-refractivity contribution in [1.82, 2.24) is 4.90 Å². The number of nitrogens with zero attached hydrogens (tertiary/aromatic N) is 1. The zero-order valence-corrected chi connectivity index (χ0v) is 11.7. The number of carboxylic acids is 1. The average molecular weight is 265 g/mol. The molecule has 1 N–H and O–H groups in total. The maximum absolute atomic E-state index is 12.7. The molecule has 4 heteroatoms. The van der Waals surface area contributed by atoms with E-state index in [1.807, 2.05) is 4.90 Å². The lowest BCUT2D eigenvalue weighted by atomic mass is 9.81. The minimum absolute atomic E-state index is 0.180. The Morgan fingerprint density at radius 3 is 2.42 bits per heavy atom. The number of rotatable bonds is 2. The highest BCUT2D eigenvalue weighted by molar-refractivity contribution is 5.85. The van der Waals surface area contributed by atoms with Crippen LogP contribution in [0.25, 0.3) is 0 Å². The van der Waals surface area contributed by atoms with Crippen LogP contribution in [0.4, 0.5) is 0 Å². The molecule has 0 radical (unpaired) electrons. The Morgan fingerprint density at radius 1 is 1.16 bits per heavy atom. The Morgan fingerprint density at radius 2 is 1.84 bits per heavy atom. The molecule has 2 saturated carbocycles.